The normalized spacial score (nSPS) is 14.0. The lowest BCUT2D eigenvalue weighted by Gasteiger charge is -2.36. The molecule has 0 radical (unpaired) electrons. The van der Waals surface area contributed by atoms with Crippen molar-refractivity contribution in [2.75, 3.05) is 32.7 Å². The van der Waals surface area contributed by atoms with E-state index in [1.807, 2.05) is 0 Å². The molecule has 0 aliphatic rings. The van der Waals surface area contributed by atoms with Gasteiger partial charge in [0.2, 0.25) is 0 Å². The van der Waals surface area contributed by atoms with Gasteiger partial charge in [-0.15, -0.1) is 0 Å². The molecule has 0 fully saturated rings. The molecule has 0 amide bonds. The number of benzene rings is 2. The summed E-state index contributed by atoms with van der Waals surface area (Å²) in [5.74, 6) is 1.20. The Labute approximate surface area is 199 Å². The van der Waals surface area contributed by atoms with Gasteiger partial charge in [0.15, 0.2) is 0 Å². The third-order valence-corrected chi connectivity index (χ3v) is 7.96. The zero-order valence-electron chi connectivity index (χ0n) is 22.0. The average molecular weight is 438 g/mol. The molecule has 0 bridgehead atoms. The van der Waals surface area contributed by atoms with Crippen molar-refractivity contribution in [3.8, 4) is 0 Å². The SMILES string of the molecule is CCC(CC(C)c1ccc(C[N+](CC)(CC)CC)cc1)c1ccc(CN(CC)CC)cc1. The van der Waals surface area contributed by atoms with Gasteiger partial charge >= 0.3 is 0 Å². The largest absolute Gasteiger partial charge is 0.321 e. The number of hydrogen-bond acceptors (Lipinski definition) is 1. The molecule has 2 unspecified atom stereocenters. The first kappa shape index (κ1) is 26.6. The quantitative estimate of drug-likeness (QED) is 0.275. The maximum absolute atomic E-state index is 2.47. The molecule has 2 rings (SSSR count). The summed E-state index contributed by atoms with van der Waals surface area (Å²) >= 11 is 0. The Morgan fingerprint density at radius 3 is 1.66 bits per heavy atom. The van der Waals surface area contributed by atoms with Crippen molar-refractivity contribution >= 4 is 0 Å². The molecule has 32 heavy (non-hydrogen) atoms. The molecule has 0 aromatic heterocycles. The first-order chi connectivity index (χ1) is 15.4. The predicted octanol–water partition coefficient (Wildman–Crippen LogP) is 7.59. The summed E-state index contributed by atoms with van der Waals surface area (Å²) in [4.78, 5) is 2.47. The van der Waals surface area contributed by atoms with Crippen molar-refractivity contribution in [1.29, 1.82) is 0 Å². The highest BCUT2D eigenvalue weighted by Gasteiger charge is 2.21. The average Bonchev–Trinajstić information content (AvgIpc) is 2.85. The number of quaternary nitrogens is 1. The second-order valence-corrected chi connectivity index (χ2v) is 9.63. The Morgan fingerprint density at radius 1 is 0.688 bits per heavy atom. The summed E-state index contributed by atoms with van der Waals surface area (Å²) in [5.41, 5.74) is 5.88. The van der Waals surface area contributed by atoms with Crippen molar-refractivity contribution in [3.63, 3.8) is 0 Å². The van der Waals surface area contributed by atoms with E-state index in [2.05, 4.69) is 102 Å². The topological polar surface area (TPSA) is 3.24 Å². The van der Waals surface area contributed by atoms with Crippen LogP contribution in [-0.4, -0.2) is 42.1 Å². The third-order valence-electron chi connectivity index (χ3n) is 7.96. The van der Waals surface area contributed by atoms with E-state index in [4.69, 9.17) is 0 Å². The predicted molar refractivity (Wildman–Crippen MR) is 141 cm³/mol. The molecule has 178 valence electrons. The van der Waals surface area contributed by atoms with Crippen LogP contribution in [0.5, 0.6) is 0 Å². The summed E-state index contributed by atoms with van der Waals surface area (Å²) in [5, 5.41) is 0. The highest BCUT2D eigenvalue weighted by atomic mass is 15.3. The first-order valence-corrected chi connectivity index (χ1v) is 13.2. The molecule has 2 atom stereocenters. The van der Waals surface area contributed by atoms with Gasteiger partial charge in [0.25, 0.3) is 0 Å². The lowest BCUT2D eigenvalue weighted by molar-refractivity contribution is -0.936. The molecule has 0 aliphatic heterocycles. The van der Waals surface area contributed by atoms with E-state index in [9.17, 15) is 0 Å². The van der Waals surface area contributed by atoms with Crippen molar-refractivity contribution in [1.82, 2.24) is 4.90 Å². The van der Waals surface area contributed by atoms with Crippen LogP contribution in [0.2, 0.25) is 0 Å². The fourth-order valence-corrected chi connectivity index (χ4v) is 5.05. The Hall–Kier alpha value is -1.64. The van der Waals surface area contributed by atoms with Gasteiger partial charge in [-0.05, 0) is 75.2 Å². The summed E-state index contributed by atoms with van der Waals surface area (Å²) in [6.07, 6.45) is 2.41. The minimum absolute atomic E-state index is 0.576. The monoisotopic (exact) mass is 437 g/mol. The van der Waals surface area contributed by atoms with E-state index in [-0.39, 0.29) is 0 Å². The molecule has 2 aromatic carbocycles. The molecule has 0 aliphatic carbocycles. The fourth-order valence-electron chi connectivity index (χ4n) is 5.05. The molecule has 0 heterocycles. The van der Waals surface area contributed by atoms with Gasteiger partial charge in [-0.1, -0.05) is 76.2 Å². The van der Waals surface area contributed by atoms with Crippen LogP contribution in [0.3, 0.4) is 0 Å². The molecule has 2 heteroatoms. The van der Waals surface area contributed by atoms with E-state index >= 15 is 0 Å². The second kappa shape index (κ2) is 13.2. The van der Waals surface area contributed by atoms with Gasteiger partial charge in [-0.2, -0.15) is 0 Å². The van der Waals surface area contributed by atoms with Crippen molar-refractivity contribution in [3.05, 3.63) is 70.8 Å². The molecule has 2 nitrogen and oxygen atoms in total. The Balaban J connectivity index is 2.02. The van der Waals surface area contributed by atoms with Crippen LogP contribution in [0.1, 0.15) is 95.4 Å². The Bertz CT molecular complexity index is 746. The molecule has 0 saturated heterocycles. The van der Waals surface area contributed by atoms with Gasteiger partial charge in [-0.25, -0.2) is 0 Å². The zero-order chi connectivity index (χ0) is 23.6. The van der Waals surface area contributed by atoms with Crippen molar-refractivity contribution in [2.24, 2.45) is 0 Å². The molecule has 0 spiro atoms. The van der Waals surface area contributed by atoms with Crippen LogP contribution in [-0.2, 0) is 13.1 Å². The lowest BCUT2D eigenvalue weighted by atomic mass is 9.84. The van der Waals surface area contributed by atoms with Crippen LogP contribution < -0.4 is 0 Å². The standard InChI is InChI=1S/C30H49N2/c1-8-28(30-20-14-26(15-21-30)23-31(9-2)10-3)22-25(7)29-18-16-27(17-19-29)24-32(11-4,12-5)13-6/h14-21,25,28H,8-13,22-24H2,1-7H3/q+1. The van der Waals surface area contributed by atoms with Crippen LogP contribution in [0.4, 0.5) is 0 Å². The maximum atomic E-state index is 2.47. The molecule has 0 saturated carbocycles. The van der Waals surface area contributed by atoms with E-state index in [0.717, 1.165) is 26.2 Å². The van der Waals surface area contributed by atoms with Gasteiger partial charge in [-0.3, -0.25) is 4.90 Å². The first-order valence-electron chi connectivity index (χ1n) is 13.2. The van der Waals surface area contributed by atoms with Crippen LogP contribution in [0.15, 0.2) is 48.5 Å². The third kappa shape index (κ3) is 7.18. The minimum Gasteiger partial charge on any atom is -0.321 e. The van der Waals surface area contributed by atoms with E-state index < -0.39 is 0 Å². The second-order valence-electron chi connectivity index (χ2n) is 9.63. The molecular formula is C30H49N2+. The smallest absolute Gasteiger partial charge is 0.104 e. The van der Waals surface area contributed by atoms with Crippen molar-refractivity contribution in [2.45, 2.75) is 86.2 Å². The summed E-state index contributed by atoms with van der Waals surface area (Å²) < 4.78 is 1.18. The minimum atomic E-state index is 0.576. The van der Waals surface area contributed by atoms with Gasteiger partial charge in [0, 0.05) is 12.1 Å². The number of nitrogens with zero attached hydrogens (tertiary/aromatic N) is 2. The highest BCUT2D eigenvalue weighted by Crippen LogP contribution is 2.32. The maximum Gasteiger partial charge on any atom is 0.104 e. The van der Waals surface area contributed by atoms with E-state index in [1.165, 1.54) is 59.2 Å². The fraction of sp³-hybridized carbons (Fsp3) is 0.600. The lowest BCUT2D eigenvalue weighted by Crippen LogP contribution is -2.46. The van der Waals surface area contributed by atoms with Crippen molar-refractivity contribution < 1.29 is 4.48 Å². The van der Waals surface area contributed by atoms with Gasteiger partial charge in [0.05, 0.1) is 19.6 Å². The van der Waals surface area contributed by atoms with Crippen LogP contribution >= 0.6 is 0 Å². The Morgan fingerprint density at radius 2 is 1.19 bits per heavy atom. The van der Waals surface area contributed by atoms with Gasteiger partial charge < -0.3 is 4.48 Å². The Kier molecular flexibility index (Phi) is 10.9. The molecular weight excluding hydrogens is 388 g/mol. The highest BCUT2D eigenvalue weighted by molar-refractivity contribution is 5.28. The van der Waals surface area contributed by atoms with Crippen LogP contribution in [0.25, 0.3) is 0 Å². The zero-order valence-corrected chi connectivity index (χ0v) is 22.0. The summed E-state index contributed by atoms with van der Waals surface area (Å²) in [7, 11) is 0. The summed E-state index contributed by atoms with van der Waals surface area (Å²) in [6, 6.07) is 19.0. The van der Waals surface area contributed by atoms with Gasteiger partial charge in [0.1, 0.15) is 6.54 Å². The van der Waals surface area contributed by atoms with Crippen LogP contribution in [0, 0.1) is 0 Å². The molecule has 2 aromatic rings. The number of hydrogen-bond donors (Lipinski definition) is 0. The van der Waals surface area contributed by atoms with E-state index in [1.54, 1.807) is 0 Å². The summed E-state index contributed by atoms with van der Waals surface area (Å²) in [6.45, 7) is 24.2. The molecule has 0 N–H and O–H groups in total. The number of rotatable bonds is 14. The van der Waals surface area contributed by atoms with E-state index in [0.29, 0.717) is 11.8 Å².